The van der Waals surface area contributed by atoms with Gasteiger partial charge in [-0.15, -0.1) is 0 Å². The molecule has 2 heterocycles. The van der Waals surface area contributed by atoms with E-state index >= 15 is 0 Å². The predicted molar refractivity (Wildman–Crippen MR) is 54.5 cm³/mol. The molecule has 0 aromatic carbocycles. The van der Waals surface area contributed by atoms with Gasteiger partial charge >= 0.3 is 0 Å². The van der Waals surface area contributed by atoms with Crippen LogP contribution >= 0.6 is 0 Å². The Morgan fingerprint density at radius 1 is 1.44 bits per heavy atom. The lowest BCUT2D eigenvalue weighted by atomic mass is 10.3. The second-order valence-corrected chi connectivity index (χ2v) is 3.19. The summed E-state index contributed by atoms with van der Waals surface area (Å²) >= 11 is 0. The lowest BCUT2D eigenvalue weighted by Gasteiger charge is -1.98. The average molecular weight is 221 g/mol. The minimum Gasteiger partial charge on any atom is -0.481 e. The molecular formula is C9H11N5O2. The highest BCUT2D eigenvalue weighted by Gasteiger charge is 2.13. The molecule has 0 fully saturated rings. The molecule has 1 atom stereocenters. The highest BCUT2D eigenvalue weighted by atomic mass is 16.5. The Labute approximate surface area is 91.7 Å². The lowest BCUT2D eigenvalue weighted by molar-refractivity contribution is 0.362. The number of methoxy groups -OCH3 is 1. The smallest absolute Gasteiger partial charge is 0.243 e. The highest BCUT2D eigenvalue weighted by Crippen LogP contribution is 2.17. The van der Waals surface area contributed by atoms with E-state index in [0.717, 1.165) is 0 Å². The quantitative estimate of drug-likeness (QED) is 0.807. The third-order valence-corrected chi connectivity index (χ3v) is 1.91. The van der Waals surface area contributed by atoms with Crippen LogP contribution in [0.15, 0.2) is 16.9 Å². The molecule has 0 aliphatic heterocycles. The van der Waals surface area contributed by atoms with Crippen molar-refractivity contribution in [2.24, 2.45) is 5.73 Å². The van der Waals surface area contributed by atoms with Crippen LogP contribution in [0.4, 0.5) is 0 Å². The minimum absolute atomic E-state index is 0.301. The maximum atomic E-state index is 5.61. The number of nitrogens with two attached hydrogens (primary N) is 1. The molecule has 84 valence electrons. The number of rotatable bonds is 3. The average Bonchev–Trinajstić information content (AvgIpc) is 2.78. The molecule has 2 aromatic rings. The Bertz CT molecular complexity index is 482. The fourth-order valence-electron chi connectivity index (χ4n) is 1.10. The van der Waals surface area contributed by atoms with Crippen LogP contribution in [-0.4, -0.2) is 27.2 Å². The molecule has 0 saturated heterocycles. The number of aromatic nitrogens is 4. The monoisotopic (exact) mass is 221 g/mol. The standard InChI is InChI=1S/C9H11N5O2/c1-5(10)9-13-8(14-16-9)6-3-7(15-2)12-4-11-6/h3-5H,10H2,1-2H3/t5-/m0/s1. The summed E-state index contributed by atoms with van der Waals surface area (Å²) in [4.78, 5) is 12.0. The zero-order valence-electron chi connectivity index (χ0n) is 8.91. The summed E-state index contributed by atoms with van der Waals surface area (Å²) in [5, 5.41) is 3.77. The summed E-state index contributed by atoms with van der Waals surface area (Å²) in [6.45, 7) is 1.76. The molecule has 7 heteroatoms. The summed E-state index contributed by atoms with van der Waals surface area (Å²) < 4.78 is 9.94. The van der Waals surface area contributed by atoms with Gasteiger partial charge in [0.05, 0.1) is 13.2 Å². The Balaban J connectivity index is 2.34. The van der Waals surface area contributed by atoms with Crippen molar-refractivity contribution in [3.63, 3.8) is 0 Å². The topological polar surface area (TPSA) is 100.0 Å². The summed E-state index contributed by atoms with van der Waals surface area (Å²) in [5.74, 6) is 1.18. The molecule has 7 nitrogen and oxygen atoms in total. The van der Waals surface area contributed by atoms with Gasteiger partial charge in [-0.2, -0.15) is 4.98 Å². The molecule has 16 heavy (non-hydrogen) atoms. The maximum Gasteiger partial charge on any atom is 0.243 e. The molecule has 0 amide bonds. The molecule has 0 bridgehead atoms. The van der Waals surface area contributed by atoms with E-state index in [9.17, 15) is 0 Å². The van der Waals surface area contributed by atoms with E-state index in [1.165, 1.54) is 13.4 Å². The zero-order valence-corrected chi connectivity index (χ0v) is 8.91. The van der Waals surface area contributed by atoms with Gasteiger partial charge in [-0.3, -0.25) is 0 Å². The first-order valence-corrected chi connectivity index (χ1v) is 4.66. The van der Waals surface area contributed by atoms with Crippen molar-refractivity contribution in [1.82, 2.24) is 20.1 Å². The van der Waals surface area contributed by atoms with Crippen molar-refractivity contribution >= 4 is 0 Å². The largest absolute Gasteiger partial charge is 0.481 e. The van der Waals surface area contributed by atoms with Crippen molar-refractivity contribution in [2.75, 3.05) is 7.11 Å². The van der Waals surface area contributed by atoms with Crippen molar-refractivity contribution in [3.05, 3.63) is 18.3 Å². The Morgan fingerprint density at radius 3 is 2.88 bits per heavy atom. The Morgan fingerprint density at radius 2 is 2.25 bits per heavy atom. The van der Waals surface area contributed by atoms with E-state index in [4.69, 9.17) is 15.0 Å². The first-order valence-electron chi connectivity index (χ1n) is 4.66. The molecule has 2 N–H and O–H groups in total. The number of hydrogen-bond donors (Lipinski definition) is 1. The van der Waals surface area contributed by atoms with Gasteiger partial charge in [0.2, 0.25) is 17.6 Å². The van der Waals surface area contributed by atoms with Gasteiger partial charge in [0, 0.05) is 6.07 Å². The molecule has 0 aliphatic rings. The van der Waals surface area contributed by atoms with E-state index in [1.54, 1.807) is 13.0 Å². The van der Waals surface area contributed by atoms with Gasteiger partial charge in [0.15, 0.2) is 0 Å². The third-order valence-electron chi connectivity index (χ3n) is 1.91. The van der Waals surface area contributed by atoms with Crippen LogP contribution in [0.5, 0.6) is 5.88 Å². The van der Waals surface area contributed by atoms with Crippen LogP contribution in [0.1, 0.15) is 18.9 Å². The van der Waals surface area contributed by atoms with Crippen LogP contribution in [0.2, 0.25) is 0 Å². The van der Waals surface area contributed by atoms with Crippen molar-refractivity contribution < 1.29 is 9.26 Å². The normalized spacial score (nSPS) is 12.4. The molecule has 0 aliphatic carbocycles. The summed E-state index contributed by atoms with van der Waals surface area (Å²) in [6, 6.07) is 1.32. The lowest BCUT2D eigenvalue weighted by Crippen LogP contribution is -2.04. The highest BCUT2D eigenvalue weighted by molar-refractivity contribution is 5.49. The SMILES string of the molecule is COc1cc(-c2noc([C@H](C)N)n2)ncn1. The van der Waals surface area contributed by atoms with Gasteiger partial charge in [-0.05, 0) is 6.92 Å². The second-order valence-electron chi connectivity index (χ2n) is 3.19. The molecule has 0 radical (unpaired) electrons. The first kappa shape index (κ1) is 10.5. The van der Waals surface area contributed by atoms with Crippen LogP contribution < -0.4 is 10.5 Å². The van der Waals surface area contributed by atoms with Gasteiger partial charge in [0.25, 0.3) is 0 Å². The predicted octanol–water partition coefficient (Wildman–Crippen LogP) is 0.555. The van der Waals surface area contributed by atoms with E-state index in [1.807, 2.05) is 0 Å². The van der Waals surface area contributed by atoms with Crippen LogP contribution in [0.3, 0.4) is 0 Å². The van der Waals surface area contributed by atoms with Gasteiger partial charge < -0.3 is 15.0 Å². The molecule has 0 spiro atoms. The van der Waals surface area contributed by atoms with E-state index in [0.29, 0.717) is 23.3 Å². The Hall–Kier alpha value is -2.02. The molecule has 2 aromatic heterocycles. The van der Waals surface area contributed by atoms with E-state index in [-0.39, 0.29) is 6.04 Å². The number of nitrogens with zero attached hydrogens (tertiary/aromatic N) is 4. The van der Waals surface area contributed by atoms with Crippen LogP contribution in [-0.2, 0) is 0 Å². The fraction of sp³-hybridized carbons (Fsp3) is 0.333. The van der Waals surface area contributed by atoms with Gasteiger partial charge in [-0.25, -0.2) is 9.97 Å². The van der Waals surface area contributed by atoms with Crippen LogP contribution in [0.25, 0.3) is 11.5 Å². The molecular weight excluding hydrogens is 210 g/mol. The second kappa shape index (κ2) is 4.23. The van der Waals surface area contributed by atoms with E-state index in [2.05, 4.69) is 20.1 Å². The van der Waals surface area contributed by atoms with Crippen LogP contribution in [0, 0.1) is 0 Å². The molecule has 2 rings (SSSR count). The van der Waals surface area contributed by atoms with Gasteiger partial charge in [0.1, 0.15) is 12.0 Å². The van der Waals surface area contributed by atoms with Gasteiger partial charge in [-0.1, -0.05) is 5.16 Å². The molecule has 0 saturated carbocycles. The fourth-order valence-corrected chi connectivity index (χ4v) is 1.10. The van der Waals surface area contributed by atoms with Crippen molar-refractivity contribution in [3.8, 4) is 17.4 Å². The van der Waals surface area contributed by atoms with E-state index < -0.39 is 0 Å². The van der Waals surface area contributed by atoms with Crippen molar-refractivity contribution in [2.45, 2.75) is 13.0 Å². The zero-order chi connectivity index (χ0) is 11.5. The number of ether oxygens (including phenoxy) is 1. The maximum absolute atomic E-state index is 5.61. The molecule has 0 unspecified atom stereocenters. The Kier molecular flexibility index (Phi) is 2.78. The number of hydrogen-bond acceptors (Lipinski definition) is 7. The summed E-state index contributed by atoms with van der Waals surface area (Å²) in [7, 11) is 1.52. The summed E-state index contributed by atoms with van der Waals surface area (Å²) in [5.41, 5.74) is 6.14. The van der Waals surface area contributed by atoms with Crippen molar-refractivity contribution in [1.29, 1.82) is 0 Å². The first-order chi connectivity index (χ1) is 7.70. The minimum atomic E-state index is -0.301. The summed E-state index contributed by atoms with van der Waals surface area (Å²) in [6.07, 6.45) is 1.37. The third kappa shape index (κ3) is 1.98.